The molecule has 0 radical (unpaired) electrons. The Morgan fingerprint density at radius 3 is 2.31 bits per heavy atom. The molecule has 0 spiro atoms. The van der Waals surface area contributed by atoms with Gasteiger partial charge in [0.25, 0.3) is 5.91 Å². The molecule has 0 bridgehead atoms. The lowest BCUT2D eigenvalue weighted by atomic mass is 10.0. The maximum absolute atomic E-state index is 13.6. The van der Waals surface area contributed by atoms with Gasteiger partial charge in [-0.2, -0.15) is 0 Å². The Morgan fingerprint density at radius 1 is 1.09 bits per heavy atom. The molecule has 3 rings (SSSR count). The lowest BCUT2D eigenvalue weighted by Crippen LogP contribution is -2.53. The molecule has 2 N–H and O–H groups in total. The van der Waals surface area contributed by atoms with Gasteiger partial charge in [-0.25, -0.2) is 0 Å². The van der Waals surface area contributed by atoms with E-state index >= 15 is 0 Å². The van der Waals surface area contributed by atoms with E-state index in [0.717, 1.165) is 5.69 Å². The predicted octanol–water partition coefficient (Wildman–Crippen LogP) is 0.414. The average Bonchev–Trinajstić information content (AvgIpc) is 3.37. The number of ketones is 1. The molecule has 10 nitrogen and oxygen atoms in total. The second-order valence-corrected chi connectivity index (χ2v) is 9.83. The molecule has 2 aliphatic rings. The molecule has 4 amide bonds. The van der Waals surface area contributed by atoms with Gasteiger partial charge in [-0.3, -0.25) is 24.0 Å². The van der Waals surface area contributed by atoms with Crippen LogP contribution < -0.4 is 15.5 Å². The van der Waals surface area contributed by atoms with Crippen LogP contribution in [0.4, 0.5) is 5.69 Å². The van der Waals surface area contributed by atoms with Gasteiger partial charge in [0, 0.05) is 38.8 Å². The molecule has 0 saturated carbocycles. The van der Waals surface area contributed by atoms with E-state index < -0.39 is 18.1 Å². The Bertz CT molecular complexity index is 990. The minimum absolute atomic E-state index is 0.0863. The normalized spacial score (nSPS) is 20.0. The van der Waals surface area contributed by atoms with Crippen molar-refractivity contribution >= 4 is 35.1 Å². The third-order valence-corrected chi connectivity index (χ3v) is 6.47. The van der Waals surface area contributed by atoms with Gasteiger partial charge in [0.15, 0.2) is 5.78 Å². The van der Waals surface area contributed by atoms with Crippen LogP contribution in [0.25, 0.3) is 0 Å². The largest absolute Gasteiger partial charge is 0.378 e. The fourth-order valence-corrected chi connectivity index (χ4v) is 4.74. The maximum Gasteiger partial charge on any atom is 0.251 e. The van der Waals surface area contributed by atoms with Crippen LogP contribution in [0.2, 0.25) is 0 Å². The Labute approximate surface area is 206 Å². The van der Waals surface area contributed by atoms with Gasteiger partial charge in [0.1, 0.15) is 12.1 Å². The number of carbonyl (C=O) groups excluding carboxylic acids is 5. The molecular formula is C25H35N5O5. The van der Waals surface area contributed by atoms with E-state index in [0.29, 0.717) is 24.9 Å². The van der Waals surface area contributed by atoms with Gasteiger partial charge in [0.2, 0.25) is 17.7 Å². The number of anilines is 1. The molecule has 190 valence electrons. The van der Waals surface area contributed by atoms with Gasteiger partial charge >= 0.3 is 0 Å². The number of amides is 4. The summed E-state index contributed by atoms with van der Waals surface area (Å²) in [4.78, 5) is 68.0. The van der Waals surface area contributed by atoms with Crippen molar-refractivity contribution in [3.05, 3.63) is 29.8 Å². The summed E-state index contributed by atoms with van der Waals surface area (Å²) in [5.74, 6) is -1.40. The summed E-state index contributed by atoms with van der Waals surface area (Å²) in [6, 6.07) is 5.17. The van der Waals surface area contributed by atoms with Crippen LogP contribution >= 0.6 is 0 Å². The first-order chi connectivity index (χ1) is 16.5. The second kappa shape index (κ2) is 10.9. The van der Waals surface area contributed by atoms with Crippen LogP contribution in [0.5, 0.6) is 0 Å². The number of hydrogen-bond acceptors (Lipinski definition) is 6. The van der Waals surface area contributed by atoms with Gasteiger partial charge in [-0.15, -0.1) is 0 Å². The summed E-state index contributed by atoms with van der Waals surface area (Å²) in [7, 11) is 3.82. The number of nitrogens with one attached hydrogen (secondary N) is 2. The highest BCUT2D eigenvalue weighted by Gasteiger charge is 2.52. The van der Waals surface area contributed by atoms with Crippen LogP contribution in [0.1, 0.15) is 44.0 Å². The van der Waals surface area contributed by atoms with Gasteiger partial charge in [0.05, 0.1) is 19.1 Å². The molecule has 2 heterocycles. The number of likely N-dealkylation sites (tertiary alicyclic amines) is 2. The van der Waals surface area contributed by atoms with E-state index in [1.54, 1.807) is 12.1 Å². The predicted molar refractivity (Wildman–Crippen MR) is 131 cm³/mol. The average molecular weight is 486 g/mol. The first-order valence-corrected chi connectivity index (χ1v) is 11.9. The third kappa shape index (κ3) is 5.98. The monoisotopic (exact) mass is 485 g/mol. The molecule has 2 fully saturated rings. The van der Waals surface area contributed by atoms with Gasteiger partial charge in [-0.05, 0) is 43.0 Å². The number of rotatable bonds is 8. The number of Topliss-reactive ketones (excluding diaryl/α,β-unsaturated/α-hetero) is 1. The fourth-order valence-electron chi connectivity index (χ4n) is 4.74. The first kappa shape index (κ1) is 26.2. The minimum Gasteiger partial charge on any atom is -0.378 e. The van der Waals surface area contributed by atoms with Crippen molar-refractivity contribution in [2.45, 2.75) is 51.7 Å². The summed E-state index contributed by atoms with van der Waals surface area (Å²) >= 11 is 0. The topological polar surface area (TPSA) is 119 Å². The Hall–Kier alpha value is -3.43. The van der Waals surface area contributed by atoms with Crippen LogP contribution in [0, 0.1) is 5.92 Å². The van der Waals surface area contributed by atoms with Crippen molar-refractivity contribution in [2.24, 2.45) is 5.92 Å². The van der Waals surface area contributed by atoms with E-state index in [1.807, 2.05) is 45.0 Å². The Balaban J connectivity index is 1.73. The summed E-state index contributed by atoms with van der Waals surface area (Å²) in [6.07, 6.45) is 0.899. The smallest absolute Gasteiger partial charge is 0.251 e. The molecule has 0 aromatic heterocycles. The standard InChI is InChI=1S/C25H35N5O5/c1-15(2)12-19(27-24(34)17-6-8-18(9-7-17)28(4)5)25(35)29-11-10-20-23(29)21(32)14-30(20)22(33)13-26-16(3)31/h6-9,15,19-20,23H,10-14H2,1-5H3,(H,26,31)(H,27,34)/t19-,20+,23-/m0/s1. The molecule has 3 atom stereocenters. The molecule has 1 aromatic carbocycles. The van der Waals surface area contributed by atoms with Crippen molar-refractivity contribution in [2.75, 3.05) is 38.6 Å². The van der Waals surface area contributed by atoms with Crippen LogP contribution in [0.15, 0.2) is 24.3 Å². The Kier molecular flexibility index (Phi) is 8.14. The van der Waals surface area contributed by atoms with Crippen molar-refractivity contribution in [3.63, 3.8) is 0 Å². The van der Waals surface area contributed by atoms with Crippen LogP contribution in [-0.4, -0.2) is 91.1 Å². The molecule has 35 heavy (non-hydrogen) atoms. The molecule has 0 aliphatic carbocycles. The SMILES string of the molecule is CC(=O)NCC(=O)N1CC(=O)[C@@H]2[C@H]1CCN2C(=O)[C@H](CC(C)C)NC(=O)c1ccc(N(C)C)cc1. The number of fused-ring (bicyclic) bond motifs is 1. The zero-order chi connectivity index (χ0) is 25.9. The van der Waals surface area contributed by atoms with E-state index in [4.69, 9.17) is 0 Å². The van der Waals surface area contributed by atoms with E-state index in [-0.39, 0.29) is 48.4 Å². The van der Waals surface area contributed by atoms with Crippen LogP contribution in [-0.2, 0) is 19.2 Å². The number of hydrogen-bond donors (Lipinski definition) is 2. The third-order valence-electron chi connectivity index (χ3n) is 6.47. The van der Waals surface area contributed by atoms with E-state index in [2.05, 4.69) is 10.6 Å². The zero-order valence-corrected chi connectivity index (χ0v) is 21.0. The molecular weight excluding hydrogens is 450 g/mol. The first-order valence-electron chi connectivity index (χ1n) is 11.9. The number of benzene rings is 1. The summed E-state index contributed by atoms with van der Waals surface area (Å²) in [5.41, 5.74) is 1.40. The quantitative estimate of drug-likeness (QED) is 0.551. The van der Waals surface area contributed by atoms with Crippen molar-refractivity contribution < 1.29 is 24.0 Å². The summed E-state index contributed by atoms with van der Waals surface area (Å²) in [5, 5.41) is 5.33. The van der Waals surface area contributed by atoms with Crippen molar-refractivity contribution in [3.8, 4) is 0 Å². The van der Waals surface area contributed by atoms with Gasteiger partial charge < -0.3 is 25.3 Å². The highest BCUT2D eigenvalue weighted by atomic mass is 16.2. The Morgan fingerprint density at radius 2 is 1.74 bits per heavy atom. The highest BCUT2D eigenvalue weighted by Crippen LogP contribution is 2.30. The van der Waals surface area contributed by atoms with Crippen molar-refractivity contribution in [1.82, 2.24) is 20.4 Å². The van der Waals surface area contributed by atoms with E-state index in [9.17, 15) is 24.0 Å². The molecule has 2 aliphatic heterocycles. The molecule has 1 aromatic rings. The summed E-state index contributed by atoms with van der Waals surface area (Å²) in [6.45, 7) is 5.31. The number of carbonyl (C=O) groups is 5. The maximum atomic E-state index is 13.6. The molecule has 10 heteroatoms. The van der Waals surface area contributed by atoms with Crippen LogP contribution in [0.3, 0.4) is 0 Å². The molecule has 2 saturated heterocycles. The van der Waals surface area contributed by atoms with Crippen molar-refractivity contribution in [1.29, 1.82) is 0 Å². The number of nitrogens with zero attached hydrogens (tertiary/aromatic N) is 3. The van der Waals surface area contributed by atoms with Gasteiger partial charge in [-0.1, -0.05) is 13.8 Å². The molecule has 0 unspecified atom stereocenters. The zero-order valence-electron chi connectivity index (χ0n) is 21.0. The minimum atomic E-state index is -0.785. The lowest BCUT2D eigenvalue weighted by Gasteiger charge is -2.29. The highest BCUT2D eigenvalue weighted by molar-refractivity contribution is 6.01. The summed E-state index contributed by atoms with van der Waals surface area (Å²) < 4.78 is 0. The lowest BCUT2D eigenvalue weighted by molar-refractivity contribution is -0.138. The second-order valence-electron chi connectivity index (χ2n) is 9.83. The fraction of sp³-hybridized carbons (Fsp3) is 0.560. The van der Waals surface area contributed by atoms with E-state index in [1.165, 1.54) is 16.7 Å².